The highest BCUT2D eigenvalue weighted by atomic mass is 19.2. The van der Waals surface area contributed by atoms with E-state index in [-0.39, 0.29) is 60.0 Å². The quantitative estimate of drug-likeness (QED) is 0.00844. The van der Waals surface area contributed by atoms with Crippen LogP contribution in [-0.2, 0) is 77.3 Å². The third-order valence-electron chi connectivity index (χ3n) is 13.1. The van der Waals surface area contributed by atoms with Crippen molar-refractivity contribution in [3.63, 3.8) is 0 Å². The molecule has 0 aromatic heterocycles. The van der Waals surface area contributed by atoms with Gasteiger partial charge in [-0.2, -0.15) is 8.78 Å². The highest BCUT2D eigenvalue weighted by Crippen LogP contribution is 2.33. The number of aliphatic hydroxyl groups is 1. The molecule has 19 nitrogen and oxygen atoms in total. The fourth-order valence-electron chi connectivity index (χ4n) is 8.72. The van der Waals surface area contributed by atoms with Gasteiger partial charge in [-0.05, 0) is 89.5 Å². The standard InChI is InChI=1S/C66H63F5N4O15/c1-66(2,3)90-65(83)74-49(33-48(76)34-72-63(81)87-37-41-21-13-7-14-22-41)59(77)73-50(61(79)86-36-40-19-11-6-12-20-40)29-43-27-45(31-47(28-43)60(78)84-4)44-25-26-52(85-35-39-17-9-5-10-18-39)46(30-44)32-51(75-64(82)88-38-42-23-15-8-16-24-42)62(80)89-58-56(70)54(68)53(67)55(69)57(58)71/h5-28,30-31,48-51,76H,29,32-38H2,1-4H3,(H,72,81)(H,73,77)(H,74,83)(H,75,82)/t48-,49+,50+,51+/m1/s1. The molecule has 5 N–H and O–H groups in total. The molecule has 0 aliphatic rings. The molecule has 7 aromatic rings. The van der Waals surface area contributed by atoms with Gasteiger partial charge in [0, 0.05) is 25.8 Å². The highest BCUT2D eigenvalue weighted by molar-refractivity contribution is 5.92. The predicted molar refractivity (Wildman–Crippen MR) is 313 cm³/mol. The van der Waals surface area contributed by atoms with E-state index in [1.807, 2.05) is 0 Å². The number of carbonyl (C=O) groups is 7. The average Bonchev–Trinajstić information content (AvgIpc) is 0.875. The first-order valence-electron chi connectivity index (χ1n) is 27.9. The van der Waals surface area contributed by atoms with Crippen LogP contribution in [0.5, 0.6) is 11.5 Å². The summed E-state index contributed by atoms with van der Waals surface area (Å²) in [4.78, 5) is 95.8. The van der Waals surface area contributed by atoms with Crippen molar-refractivity contribution < 1.29 is 93.8 Å². The molecule has 0 saturated heterocycles. The first-order chi connectivity index (χ1) is 43.0. The Bertz CT molecular complexity index is 3610. The highest BCUT2D eigenvalue weighted by Gasteiger charge is 2.34. The van der Waals surface area contributed by atoms with Crippen molar-refractivity contribution in [3.8, 4) is 22.6 Å². The molecule has 0 fully saturated rings. The first-order valence-corrected chi connectivity index (χ1v) is 27.9. The van der Waals surface area contributed by atoms with Gasteiger partial charge in [-0.1, -0.05) is 133 Å². The van der Waals surface area contributed by atoms with Crippen LogP contribution in [-0.4, -0.2) is 90.7 Å². The lowest BCUT2D eigenvalue weighted by atomic mass is 9.94. The van der Waals surface area contributed by atoms with E-state index in [4.69, 9.17) is 33.2 Å². The lowest BCUT2D eigenvalue weighted by molar-refractivity contribution is -0.149. The number of ether oxygens (including phenoxy) is 7. The van der Waals surface area contributed by atoms with E-state index >= 15 is 8.78 Å². The summed E-state index contributed by atoms with van der Waals surface area (Å²) < 4.78 is 111. The summed E-state index contributed by atoms with van der Waals surface area (Å²) in [6, 6.07) is 37.6. The Kier molecular flexibility index (Phi) is 23.9. The summed E-state index contributed by atoms with van der Waals surface area (Å²) in [6.45, 7) is 3.45. The van der Waals surface area contributed by atoms with Gasteiger partial charge >= 0.3 is 36.2 Å². The van der Waals surface area contributed by atoms with E-state index in [0.29, 0.717) is 22.3 Å². The van der Waals surface area contributed by atoms with Crippen molar-refractivity contribution >= 4 is 42.1 Å². The Morgan fingerprint density at radius 2 is 1.00 bits per heavy atom. The van der Waals surface area contributed by atoms with Crippen LogP contribution in [0.15, 0.2) is 158 Å². The van der Waals surface area contributed by atoms with Gasteiger partial charge in [0.1, 0.15) is 55.9 Å². The topological polar surface area (TPSA) is 252 Å². The number of rotatable bonds is 26. The lowest BCUT2D eigenvalue weighted by Crippen LogP contribution is -2.54. The molecule has 0 bridgehead atoms. The van der Waals surface area contributed by atoms with Crippen molar-refractivity contribution in [2.45, 2.75) is 96.3 Å². The molecule has 472 valence electrons. The molecule has 7 rings (SSSR count). The van der Waals surface area contributed by atoms with Gasteiger partial charge in [0.25, 0.3) is 0 Å². The number of esters is 3. The second-order valence-electron chi connectivity index (χ2n) is 21.2. The SMILES string of the molecule is COC(=O)c1cc(C[C@H](NC(=O)[C@H](C[C@@H](O)CNC(=O)OCc2ccccc2)NC(=O)OC(C)(C)C)C(=O)OCc2ccccc2)cc(-c2ccc(OCc3ccccc3)c(C[C@H](NC(=O)OCc3ccccc3)C(=O)Oc3c(F)c(F)c(F)c(F)c3F)c2)c1. The van der Waals surface area contributed by atoms with Crippen LogP contribution < -0.4 is 30.7 Å². The number of aliphatic hydroxyl groups excluding tert-OH is 1. The van der Waals surface area contributed by atoms with E-state index in [9.17, 15) is 51.8 Å². The van der Waals surface area contributed by atoms with E-state index in [2.05, 4.69) is 21.3 Å². The van der Waals surface area contributed by atoms with Crippen LogP contribution in [0.2, 0.25) is 0 Å². The van der Waals surface area contributed by atoms with Crippen molar-refractivity contribution in [1.82, 2.24) is 21.3 Å². The average molecular weight is 1250 g/mol. The molecular formula is C66H63F5N4O15. The van der Waals surface area contributed by atoms with E-state index < -0.39 is 133 Å². The summed E-state index contributed by atoms with van der Waals surface area (Å²) in [6.07, 6.45) is -6.46. The Morgan fingerprint density at radius 3 is 1.54 bits per heavy atom. The largest absolute Gasteiger partial charge is 0.489 e. The second-order valence-corrected chi connectivity index (χ2v) is 21.2. The summed E-state index contributed by atoms with van der Waals surface area (Å²) >= 11 is 0. The molecule has 24 heteroatoms. The second kappa shape index (κ2) is 32.0. The monoisotopic (exact) mass is 1250 g/mol. The van der Waals surface area contributed by atoms with Crippen LogP contribution >= 0.6 is 0 Å². The maximum atomic E-state index is 15.1. The normalized spacial score (nSPS) is 12.4. The summed E-state index contributed by atoms with van der Waals surface area (Å²) in [7, 11) is 1.11. The first kappa shape index (κ1) is 67.2. The lowest BCUT2D eigenvalue weighted by Gasteiger charge is -2.26. The predicted octanol–water partition coefficient (Wildman–Crippen LogP) is 10.2. The third kappa shape index (κ3) is 20.1. The van der Waals surface area contributed by atoms with Crippen molar-refractivity contribution in [3.05, 3.63) is 226 Å². The van der Waals surface area contributed by atoms with E-state index in [1.165, 1.54) is 36.4 Å². The number of methoxy groups -OCH3 is 1. The van der Waals surface area contributed by atoms with Gasteiger partial charge in [0.2, 0.25) is 40.7 Å². The van der Waals surface area contributed by atoms with Crippen LogP contribution in [0.3, 0.4) is 0 Å². The molecule has 0 heterocycles. The molecule has 4 amide bonds. The van der Waals surface area contributed by atoms with Crippen LogP contribution in [0.4, 0.5) is 36.3 Å². The molecule has 7 aromatic carbocycles. The van der Waals surface area contributed by atoms with Crippen molar-refractivity contribution in [2.24, 2.45) is 0 Å². The molecule has 4 atom stereocenters. The number of halogens is 5. The summed E-state index contributed by atoms with van der Waals surface area (Å²) in [5.74, 6) is -18.9. The molecular weight excluding hydrogens is 1180 g/mol. The number of hydrogen-bond donors (Lipinski definition) is 5. The fraction of sp³-hybridized carbons (Fsp3) is 0.258. The minimum Gasteiger partial charge on any atom is -0.489 e. The molecule has 90 heavy (non-hydrogen) atoms. The van der Waals surface area contributed by atoms with Crippen molar-refractivity contribution in [1.29, 1.82) is 0 Å². The van der Waals surface area contributed by atoms with Crippen LogP contribution in [0.25, 0.3) is 11.1 Å². The number of nitrogens with one attached hydrogen (secondary N) is 4. The summed E-state index contributed by atoms with van der Waals surface area (Å²) in [5, 5.41) is 20.9. The number of alkyl carbamates (subject to hydrolysis) is 3. The van der Waals surface area contributed by atoms with Gasteiger partial charge in [-0.3, -0.25) is 4.79 Å². The van der Waals surface area contributed by atoms with Crippen LogP contribution in [0, 0.1) is 29.1 Å². The van der Waals surface area contributed by atoms with Gasteiger partial charge in [-0.15, -0.1) is 0 Å². The Hall–Kier alpha value is -10.4. The van der Waals surface area contributed by atoms with Gasteiger partial charge in [-0.25, -0.2) is 41.9 Å². The smallest absolute Gasteiger partial charge is 0.408 e. The fourth-order valence-corrected chi connectivity index (χ4v) is 8.72. The zero-order chi connectivity index (χ0) is 64.9. The van der Waals surface area contributed by atoms with E-state index in [0.717, 1.165) is 7.11 Å². The van der Waals surface area contributed by atoms with Gasteiger partial charge in [0.05, 0.1) is 18.8 Å². The molecule has 0 spiro atoms. The zero-order valence-electron chi connectivity index (χ0n) is 49.0. The summed E-state index contributed by atoms with van der Waals surface area (Å²) in [5.41, 5.74) is 1.88. The van der Waals surface area contributed by atoms with Crippen molar-refractivity contribution in [2.75, 3.05) is 13.7 Å². The molecule has 0 saturated carbocycles. The van der Waals surface area contributed by atoms with E-state index in [1.54, 1.807) is 142 Å². The van der Waals surface area contributed by atoms with Crippen LogP contribution in [0.1, 0.15) is 70.9 Å². The minimum atomic E-state index is -2.53. The van der Waals surface area contributed by atoms with Gasteiger partial charge in [0.15, 0.2) is 0 Å². The van der Waals surface area contributed by atoms with Gasteiger partial charge < -0.3 is 59.5 Å². The number of hydrogen-bond acceptors (Lipinski definition) is 15. The third-order valence-corrected chi connectivity index (χ3v) is 13.1. The zero-order valence-corrected chi connectivity index (χ0v) is 49.0. The maximum absolute atomic E-state index is 15.1. The number of carbonyl (C=O) groups excluding carboxylic acids is 7. The molecule has 0 radical (unpaired) electrons. The Morgan fingerprint density at radius 1 is 0.500 bits per heavy atom. The maximum Gasteiger partial charge on any atom is 0.408 e. The molecule has 0 aliphatic heterocycles. The molecule has 0 unspecified atom stereocenters. The molecule has 0 aliphatic carbocycles. The number of amides is 4. The Labute approximate surface area is 513 Å². The Balaban J connectivity index is 1.24. The minimum absolute atomic E-state index is 0.0304. The number of benzene rings is 7.